The van der Waals surface area contributed by atoms with E-state index in [0.717, 1.165) is 40.1 Å². The van der Waals surface area contributed by atoms with Crippen LogP contribution in [-0.2, 0) is 5.60 Å². The second kappa shape index (κ2) is 8.82. The summed E-state index contributed by atoms with van der Waals surface area (Å²) in [5.41, 5.74) is 3.35. The molecule has 2 aromatic heterocycles. The summed E-state index contributed by atoms with van der Waals surface area (Å²) in [6.07, 6.45) is 6.09. The van der Waals surface area contributed by atoms with Crippen molar-refractivity contribution in [1.82, 2.24) is 19.9 Å². The molecule has 7 heteroatoms. The molecule has 33 heavy (non-hydrogen) atoms. The number of hydrogen-bond donors (Lipinski definition) is 2. The molecule has 1 aliphatic heterocycles. The minimum absolute atomic E-state index is 0.577. The number of anilines is 2. The van der Waals surface area contributed by atoms with Crippen LogP contribution in [0.3, 0.4) is 0 Å². The molecule has 2 N–H and O–H groups in total. The van der Waals surface area contributed by atoms with Crippen LogP contribution in [0.25, 0.3) is 21.3 Å². The van der Waals surface area contributed by atoms with E-state index >= 15 is 0 Å². The monoisotopic (exact) mass is 459 g/mol. The van der Waals surface area contributed by atoms with Gasteiger partial charge in [0.05, 0.1) is 10.4 Å². The van der Waals surface area contributed by atoms with Crippen molar-refractivity contribution in [3.63, 3.8) is 0 Å². The Balaban J connectivity index is 1.34. The van der Waals surface area contributed by atoms with Crippen LogP contribution in [0.1, 0.15) is 43.2 Å². The first-order chi connectivity index (χ1) is 15.8. The quantitative estimate of drug-likeness (QED) is 0.409. The van der Waals surface area contributed by atoms with E-state index in [1.165, 1.54) is 29.7 Å². The number of aliphatic hydroxyl groups is 1. The lowest BCUT2D eigenvalue weighted by molar-refractivity contribution is 0.0783. The molecule has 2 aromatic carbocycles. The topological polar surface area (TPSA) is 74.2 Å². The zero-order valence-corrected chi connectivity index (χ0v) is 20.1. The molecule has 0 saturated carbocycles. The first kappa shape index (κ1) is 21.9. The second-order valence-electron chi connectivity index (χ2n) is 9.38. The molecule has 0 radical (unpaired) electrons. The number of nitrogens with one attached hydrogen (secondary N) is 1. The molecule has 0 amide bonds. The van der Waals surface area contributed by atoms with Gasteiger partial charge in [-0.1, -0.05) is 24.3 Å². The fourth-order valence-electron chi connectivity index (χ4n) is 4.24. The van der Waals surface area contributed by atoms with Gasteiger partial charge in [-0.15, -0.1) is 11.3 Å². The highest BCUT2D eigenvalue weighted by atomic mass is 32.1. The van der Waals surface area contributed by atoms with Gasteiger partial charge in [0.15, 0.2) is 0 Å². The third kappa shape index (κ3) is 4.90. The van der Waals surface area contributed by atoms with Gasteiger partial charge in [0, 0.05) is 23.5 Å². The van der Waals surface area contributed by atoms with Crippen LogP contribution in [-0.4, -0.2) is 45.1 Å². The minimum atomic E-state index is -0.943. The molecule has 3 heterocycles. The summed E-state index contributed by atoms with van der Waals surface area (Å²) >= 11 is 1.50. The fraction of sp³-hybridized carbons (Fsp3) is 0.346. The third-order valence-electron chi connectivity index (χ3n) is 6.25. The lowest BCUT2D eigenvalue weighted by Gasteiger charge is -2.29. The summed E-state index contributed by atoms with van der Waals surface area (Å²) in [4.78, 5) is 17.0. The predicted molar refractivity (Wildman–Crippen MR) is 135 cm³/mol. The SMILES string of the molecule is CN1CCC(c2ccc(Nc3ncc4ccc(-c5cnc(C(C)(C)O)s5)cc4n3)cc2)CC1. The number of fused-ring (bicyclic) bond motifs is 1. The minimum Gasteiger partial charge on any atom is -0.383 e. The number of aromatic nitrogens is 3. The Bertz CT molecular complexity index is 1250. The van der Waals surface area contributed by atoms with Crippen molar-refractivity contribution < 1.29 is 5.11 Å². The maximum absolute atomic E-state index is 10.2. The van der Waals surface area contributed by atoms with E-state index in [1.807, 2.05) is 30.6 Å². The fourth-order valence-corrected chi connectivity index (χ4v) is 5.15. The molecule has 0 spiro atoms. The summed E-state index contributed by atoms with van der Waals surface area (Å²) < 4.78 is 0. The summed E-state index contributed by atoms with van der Waals surface area (Å²) in [7, 11) is 2.19. The second-order valence-corrected chi connectivity index (χ2v) is 10.4. The third-order valence-corrected chi connectivity index (χ3v) is 7.61. The van der Waals surface area contributed by atoms with Crippen molar-refractivity contribution >= 4 is 33.9 Å². The van der Waals surface area contributed by atoms with Crippen LogP contribution in [0.4, 0.5) is 11.6 Å². The van der Waals surface area contributed by atoms with E-state index in [1.54, 1.807) is 13.8 Å². The Labute approximate surface area is 198 Å². The number of thiazole rings is 1. The number of nitrogens with zero attached hydrogens (tertiary/aromatic N) is 4. The Morgan fingerprint density at radius 1 is 1.03 bits per heavy atom. The summed E-state index contributed by atoms with van der Waals surface area (Å²) in [6, 6.07) is 14.8. The van der Waals surface area contributed by atoms with Crippen molar-refractivity contribution in [3.05, 3.63) is 65.4 Å². The van der Waals surface area contributed by atoms with Crippen LogP contribution in [0.2, 0.25) is 0 Å². The van der Waals surface area contributed by atoms with E-state index in [4.69, 9.17) is 4.98 Å². The average molecular weight is 460 g/mol. The summed E-state index contributed by atoms with van der Waals surface area (Å²) in [5.74, 6) is 1.22. The molecule has 0 atom stereocenters. The lowest BCUT2D eigenvalue weighted by Crippen LogP contribution is -2.29. The Morgan fingerprint density at radius 3 is 2.48 bits per heavy atom. The van der Waals surface area contributed by atoms with Gasteiger partial charge in [-0.3, -0.25) is 0 Å². The van der Waals surface area contributed by atoms with E-state index in [2.05, 4.69) is 51.5 Å². The van der Waals surface area contributed by atoms with Gasteiger partial charge in [-0.05, 0) is 82.1 Å². The zero-order chi connectivity index (χ0) is 23.0. The van der Waals surface area contributed by atoms with Crippen LogP contribution in [0.15, 0.2) is 54.9 Å². The molecule has 6 nitrogen and oxygen atoms in total. The summed E-state index contributed by atoms with van der Waals surface area (Å²) in [5, 5.41) is 15.2. The van der Waals surface area contributed by atoms with E-state index < -0.39 is 5.60 Å². The van der Waals surface area contributed by atoms with Crippen molar-refractivity contribution in [1.29, 1.82) is 0 Å². The normalized spacial score (nSPS) is 15.8. The van der Waals surface area contributed by atoms with Gasteiger partial charge in [-0.25, -0.2) is 15.0 Å². The largest absolute Gasteiger partial charge is 0.383 e. The van der Waals surface area contributed by atoms with Crippen molar-refractivity contribution in [3.8, 4) is 10.4 Å². The van der Waals surface area contributed by atoms with Crippen molar-refractivity contribution in [2.75, 3.05) is 25.5 Å². The Morgan fingerprint density at radius 2 is 1.79 bits per heavy atom. The first-order valence-electron chi connectivity index (χ1n) is 11.4. The molecule has 0 unspecified atom stereocenters. The molecular weight excluding hydrogens is 430 g/mol. The van der Waals surface area contributed by atoms with Crippen LogP contribution in [0, 0.1) is 0 Å². The lowest BCUT2D eigenvalue weighted by atomic mass is 9.89. The van der Waals surface area contributed by atoms with Crippen LogP contribution < -0.4 is 5.32 Å². The van der Waals surface area contributed by atoms with Gasteiger partial charge >= 0.3 is 0 Å². The van der Waals surface area contributed by atoms with E-state index in [9.17, 15) is 5.11 Å². The smallest absolute Gasteiger partial charge is 0.227 e. The highest BCUT2D eigenvalue weighted by Gasteiger charge is 2.21. The van der Waals surface area contributed by atoms with Gasteiger partial charge in [0.25, 0.3) is 0 Å². The van der Waals surface area contributed by atoms with Crippen molar-refractivity contribution in [2.45, 2.75) is 38.2 Å². The Hall–Kier alpha value is -2.87. The maximum Gasteiger partial charge on any atom is 0.227 e. The molecule has 1 aliphatic rings. The average Bonchev–Trinajstić information content (AvgIpc) is 3.31. The molecule has 4 aromatic rings. The van der Waals surface area contributed by atoms with Crippen molar-refractivity contribution in [2.24, 2.45) is 0 Å². The first-order valence-corrected chi connectivity index (χ1v) is 12.2. The molecule has 1 fully saturated rings. The standard InChI is InChI=1S/C26H29N5OS/c1-26(2,32)24-27-16-23(33-24)19-4-5-20-15-28-25(30-22(20)14-19)29-21-8-6-17(7-9-21)18-10-12-31(3)13-11-18/h4-9,14-16,18,32H,10-13H2,1-3H3,(H,28,29,30). The number of likely N-dealkylation sites (tertiary alicyclic amines) is 1. The highest BCUT2D eigenvalue weighted by Crippen LogP contribution is 2.33. The number of benzene rings is 2. The van der Waals surface area contributed by atoms with Gasteiger partial charge in [0.2, 0.25) is 5.95 Å². The van der Waals surface area contributed by atoms with Gasteiger partial charge in [-0.2, -0.15) is 0 Å². The molecule has 1 saturated heterocycles. The summed E-state index contributed by atoms with van der Waals surface area (Å²) in [6.45, 7) is 5.83. The van der Waals surface area contributed by atoms with Crippen LogP contribution in [0.5, 0.6) is 0 Å². The molecule has 170 valence electrons. The Kier molecular flexibility index (Phi) is 5.86. The highest BCUT2D eigenvalue weighted by molar-refractivity contribution is 7.15. The zero-order valence-electron chi connectivity index (χ0n) is 19.2. The molecule has 0 aliphatic carbocycles. The number of hydrogen-bond acceptors (Lipinski definition) is 7. The molecular formula is C26H29N5OS. The predicted octanol–water partition coefficient (Wildman–Crippen LogP) is 5.53. The number of rotatable bonds is 5. The molecule has 5 rings (SSSR count). The van der Waals surface area contributed by atoms with E-state index in [-0.39, 0.29) is 0 Å². The molecule has 0 bridgehead atoms. The van der Waals surface area contributed by atoms with Gasteiger partial charge in [0.1, 0.15) is 10.6 Å². The maximum atomic E-state index is 10.2. The number of piperidine rings is 1. The van der Waals surface area contributed by atoms with Gasteiger partial charge < -0.3 is 15.3 Å². The van der Waals surface area contributed by atoms with E-state index in [0.29, 0.717) is 16.9 Å². The van der Waals surface area contributed by atoms with Crippen LogP contribution >= 0.6 is 11.3 Å².